The van der Waals surface area contributed by atoms with Crippen LogP contribution in [-0.4, -0.2) is 74.0 Å². The van der Waals surface area contributed by atoms with E-state index in [0.717, 1.165) is 33.8 Å². The highest BCUT2D eigenvalue weighted by molar-refractivity contribution is 7.89. The van der Waals surface area contributed by atoms with Gasteiger partial charge in [-0.3, -0.25) is 18.8 Å². The minimum absolute atomic E-state index is 0.0316. The maximum Gasteiger partial charge on any atom is 0.265 e. The SMILES string of the molecule is CN1C(C(=O)c2ccc3ccccc3c2)=C(OCC(=O)N2CCN(Cc3ccccc3)CC2)c2ccc(F)cc2S1(=O)=O. The molecule has 1 amide bonds. The lowest BCUT2D eigenvalue weighted by Gasteiger charge is -2.35. The van der Waals surface area contributed by atoms with Crippen LogP contribution in [0.3, 0.4) is 0 Å². The van der Waals surface area contributed by atoms with E-state index in [1.807, 2.05) is 42.5 Å². The molecule has 2 aliphatic heterocycles. The second kappa shape index (κ2) is 11.6. The van der Waals surface area contributed by atoms with Crippen molar-refractivity contribution in [2.24, 2.45) is 0 Å². The van der Waals surface area contributed by atoms with Crippen LogP contribution in [0.4, 0.5) is 4.39 Å². The van der Waals surface area contributed by atoms with Crippen molar-refractivity contribution in [2.75, 3.05) is 39.8 Å². The third kappa shape index (κ3) is 5.63. The number of carbonyl (C=O) groups excluding carboxylic acids is 2. The zero-order valence-corrected chi connectivity index (χ0v) is 24.4. The Kier molecular flexibility index (Phi) is 7.72. The lowest BCUT2D eigenvalue weighted by molar-refractivity contribution is -0.135. The minimum Gasteiger partial charge on any atom is -0.481 e. The van der Waals surface area contributed by atoms with E-state index in [0.29, 0.717) is 26.2 Å². The van der Waals surface area contributed by atoms with Gasteiger partial charge >= 0.3 is 0 Å². The fourth-order valence-corrected chi connectivity index (χ4v) is 6.92. The summed E-state index contributed by atoms with van der Waals surface area (Å²) in [5, 5.41) is 1.73. The van der Waals surface area contributed by atoms with E-state index < -0.39 is 28.2 Å². The lowest BCUT2D eigenvalue weighted by atomic mass is 10.0. The molecule has 4 aromatic rings. The molecule has 0 spiro atoms. The molecule has 10 heteroatoms. The molecule has 0 radical (unpaired) electrons. The smallest absolute Gasteiger partial charge is 0.265 e. The Morgan fingerprint density at radius 3 is 2.28 bits per heavy atom. The van der Waals surface area contributed by atoms with E-state index in [2.05, 4.69) is 17.0 Å². The molecule has 2 aliphatic rings. The average Bonchev–Trinajstić information content (AvgIpc) is 3.02. The van der Waals surface area contributed by atoms with Crippen molar-refractivity contribution in [3.8, 4) is 0 Å². The molecular formula is C33H30FN3O5S. The summed E-state index contributed by atoms with van der Waals surface area (Å²) in [6.07, 6.45) is 0. The van der Waals surface area contributed by atoms with Crippen molar-refractivity contribution in [1.29, 1.82) is 0 Å². The first-order chi connectivity index (χ1) is 20.7. The molecule has 0 bridgehead atoms. The number of halogens is 1. The van der Waals surface area contributed by atoms with Crippen LogP contribution in [0, 0.1) is 5.82 Å². The number of carbonyl (C=O) groups is 2. The molecule has 1 fully saturated rings. The van der Waals surface area contributed by atoms with E-state index >= 15 is 0 Å². The van der Waals surface area contributed by atoms with Crippen LogP contribution in [-0.2, 0) is 26.1 Å². The maximum atomic E-state index is 14.2. The number of ether oxygens (including phenoxy) is 1. The normalized spacial score (nSPS) is 16.7. The maximum absolute atomic E-state index is 14.2. The molecule has 0 aliphatic carbocycles. The highest BCUT2D eigenvalue weighted by atomic mass is 32.2. The van der Waals surface area contributed by atoms with E-state index in [-0.39, 0.29) is 33.4 Å². The number of allylic oxidation sites excluding steroid dienone is 1. The molecule has 0 saturated carbocycles. The van der Waals surface area contributed by atoms with Crippen molar-refractivity contribution in [3.63, 3.8) is 0 Å². The average molecular weight is 600 g/mol. The largest absolute Gasteiger partial charge is 0.481 e. The van der Waals surface area contributed by atoms with Crippen LogP contribution < -0.4 is 0 Å². The number of hydrogen-bond acceptors (Lipinski definition) is 6. The lowest BCUT2D eigenvalue weighted by Crippen LogP contribution is -2.49. The van der Waals surface area contributed by atoms with Gasteiger partial charge in [-0.1, -0.05) is 66.7 Å². The molecule has 0 atom stereocenters. The van der Waals surface area contributed by atoms with Crippen LogP contribution >= 0.6 is 0 Å². The van der Waals surface area contributed by atoms with E-state index in [1.54, 1.807) is 23.1 Å². The molecule has 2 heterocycles. The van der Waals surface area contributed by atoms with E-state index in [1.165, 1.54) is 18.7 Å². The number of sulfonamides is 1. The van der Waals surface area contributed by atoms with Gasteiger partial charge in [0.05, 0.1) is 0 Å². The van der Waals surface area contributed by atoms with Crippen LogP contribution in [0.25, 0.3) is 16.5 Å². The molecule has 43 heavy (non-hydrogen) atoms. The summed E-state index contributed by atoms with van der Waals surface area (Å²) in [5.41, 5.74) is 1.25. The molecule has 220 valence electrons. The number of amides is 1. The number of Topliss-reactive ketones (excluding diaryl/α,β-unsaturated/α-hetero) is 1. The Balaban J connectivity index is 1.27. The van der Waals surface area contributed by atoms with Crippen molar-refractivity contribution >= 4 is 38.2 Å². The van der Waals surface area contributed by atoms with Gasteiger partial charge in [0.1, 0.15) is 16.4 Å². The van der Waals surface area contributed by atoms with Gasteiger partial charge in [0, 0.05) is 50.9 Å². The third-order valence-electron chi connectivity index (χ3n) is 7.90. The van der Waals surface area contributed by atoms with E-state index in [4.69, 9.17) is 4.74 Å². The number of hydrogen-bond donors (Lipinski definition) is 0. The Bertz CT molecular complexity index is 1850. The molecule has 8 nitrogen and oxygen atoms in total. The fourth-order valence-electron chi connectivity index (χ4n) is 5.52. The summed E-state index contributed by atoms with van der Waals surface area (Å²) in [5.74, 6) is -1.71. The highest BCUT2D eigenvalue weighted by Gasteiger charge is 2.40. The summed E-state index contributed by atoms with van der Waals surface area (Å²) in [6, 6.07) is 26.0. The second-order valence-electron chi connectivity index (χ2n) is 10.6. The highest BCUT2D eigenvalue weighted by Crippen LogP contribution is 2.38. The predicted octanol–water partition coefficient (Wildman–Crippen LogP) is 4.53. The van der Waals surface area contributed by atoms with Crippen molar-refractivity contribution in [2.45, 2.75) is 11.4 Å². The number of nitrogens with zero attached hydrogens (tertiary/aromatic N) is 3. The van der Waals surface area contributed by atoms with Crippen molar-refractivity contribution < 1.29 is 27.1 Å². The topological polar surface area (TPSA) is 87.2 Å². The van der Waals surface area contributed by atoms with Crippen LogP contribution in [0.1, 0.15) is 21.5 Å². The first kappa shape index (κ1) is 28.6. The number of fused-ring (bicyclic) bond motifs is 2. The van der Waals surface area contributed by atoms with Gasteiger partial charge in [-0.15, -0.1) is 0 Å². The number of piperazine rings is 1. The molecule has 0 aromatic heterocycles. The number of ketones is 1. The van der Waals surface area contributed by atoms with Gasteiger partial charge in [-0.05, 0) is 40.6 Å². The summed E-state index contributed by atoms with van der Waals surface area (Å²) < 4.78 is 47.9. The summed E-state index contributed by atoms with van der Waals surface area (Å²) in [6.45, 7) is 2.78. The molecule has 0 N–H and O–H groups in total. The van der Waals surface area contributed by atoms with Crippen LogP contribution in [0.2, 0.25) is 0 Å². The predicted molar refractivity (Wildman–Crippen MR) is 161 cm³/mol. The second-order valence-corrected chi connectivity index (χ2v) is 12.6. The standard InChI is InChI=1S/C33H30FN3O5S/c1-35-31(32(39)26-12-11-24-9-5-6-10-25(24)19-26)33(28-14-13-27(34)20-29(28)43(35,40)41)42-22-30(38)37-17-15-36(16-18-37)21-23-7-3-2-4-8-23/h2-14,19-20H,15-18,21-22H2,1H3. The molecule has 1 saturated heterocycles. The zero-order valence-electron chi connectivity index (χ0n) is 23.6. The van der Waals surface area contributed by atoms with Crippen LogP contribution in [0.15, 0.2) is 102 Å². The van der Waals surface area contributed by atoms with Gasteiger partial charge in [-0.2, -0.15) is 0 Å². The van der Waals surface area contributed by atoms with Gasteiger partial charge in [0.25, 0.3) is 15.9 Å². The molecule has 0 unspecified atom stereocenters. The molecule has 6 rings (SSSR count). The quantitative estimate of drug-likeness (QED) is 0.290. The zero-order chi connectivity index (χ0) is 30.1. The van der Waals surface area contributed by atoms with Gasteiger partial charge in [-0.25, -0.2) is 12.8 Å². The Morgan fingerprint density at radius 2 is 1.53 bits per heavy atom. The first-order valence-electron chi connectivity index (χ1n) is 14.0. The summed E-state index contributed by atoms with van der Waals surface area (Å²) in [4.78, 5) is 30.8. The molecular weight excluding hydrogens is 569 g/mol. The molecule has 4 aromatic carbocycles. The number of likely N-dealkylation sites (N-methyl/N-ethyl adjacent to an activating group) is 1. The van der Waals surface area contributed by atoms with Gasteiger partial charge in [0.15, 0.2) is 12.4 Å². The van der Waals surface area contributed by atoms with Crippen LogP contribution in [0.5, 0.6) is 0 Å². The Morgan fingerprint density at radius 1 is 0.837 bits per heavy atom. The Hall–Kier alpha value is -4.54. The summed E-state index contributed by atoms with van der Waals surface area (Å²) in [7, 11) is -3.05. The van der Waals surface area contributed by atoms with Gasteiger partial charge < -0.3 is 9.64 Å². The first-order valence-corrected chi connectivity index (χ1v) is 15.4. The van der Waals surface area contributed by atoms with Gasteiger partial charge in [0.2, 0.25) is 5.78 Å². The van der Waals surface area contributed by atoms with E-state index in [9.17, 15) is 22.4 Å². The fraction of sp³-hybridized carbons (Fsp3) is 0.212. The number of benzene rings is 4. The minimum atomic E-state index is -4.28. The number of rotatable bonds is 7. The summed E-state index contributed by atoms with van der Waals surface area (Å²) >= 11 is 0. The van der Waals surface area contributed by atoms with Crippen molar-refractivity contribution in [3.05, 3.63) is 119 Å². The monoisotopic (exact) mass is 599 g/mol. The third-order valence-corrected chi connectivity index (χ3v) is 9.69. The van der Waals surface area contributed by atoms with Crippen molar-refractivity contribution in [1.82, 2.24) is 14.1 Å². The Labute approximate surface area is 249 Å².